The fourth-order valence-corrected chi connectivity index (χ4v) is 5.18. The second-order valence-corrected chi connectivity index (χ2v) is 10.4. The summed E-state index contributed by atoms with van der Waals surface area (Å²) >= 11 is 0. The van der Waals surface area contributed by atoms with Gasteiger partial charge in [0.15, 0.2) is 11.5 Å². The standard InChI is InChI=1S/C29H38N2O5/c1-7-21-23-16-22(18-10-12-31(13-11-18)28(33)36-29(2,3)4)20(17-32)14-24(23)30-27(21)19-8-9-25(34-5)26(15-19)35-6/h8-9,14-16,18,30,32H,7,10-13,17H2,1-6H3. The fraction of sp³-hybridized carbons (Fsp3) is 0.483. The van der Waals surface area contributed by atoms with Gasteiger partial charge >= 0.3 is 6.09 Å². The first kappa shape index (κ1) is 25.9. The van der Waals surface area contributed by atoms with Gasteiger partial charge in [0.05, 0.1) is 20.8 Å². The lowest BCUT2D eigenvalue weighted by Crippen LogP contribution is -2.41. The molecule has 1 aromatic heterocycles. The van der Waals surface area contributed by atoms with E-state index in [1.165, 1.54) is 16.5 Å². The molecule has 0 radical (unpaired) electrons. The van der Waals surface area contributed by atoms with E-state index in [0.717, 1.165) is 41.6 Å². The molecule has 0 atom stereocenters. The Labute approximate surface area is 213 Å². The predicted molar refractivity (Wildman–Crippen MR) is 142 cm³/mol. The van der Waals surface area contributed by atoms with Gasteiger partial charge in [0.1, 0.15) is 5.60 Å². The van der Waals surface area contributed by atoms with Crippen LogP contribution in [-0.4, -0.2) is 54.0 Å². The minimum atomic E-state index is -0.501. The van der Waals surface area contributed by atoms with E-state index >= 15 is 0 Å². The number of H-pyrrole nitrogens is 1. The second kappa shape index (κ2) is 10.4. The number of aromatic amines is 1. The van der Waals surface area contributed by atoms with E-state index < -0.39 is 5.60 Å². The Hall–Kier alpha value is -3.19. The molecule has 7 nitrogen and oxygen atoms in total. The predicted octanol–water partition coefficient (Wildman–Crippen LogP) is 6.02. The summed E-state index contributed by atoms with van der Waals surface area (Å²) in [5.41, 5.74) is 5.92. The van der Waals surface area contributed by atoms with Crippen LogP contribution in [0.4, 0.5) is 4.79 Å². The molecule has 1 saturated heterocycles. The zero-order valence-electron chi connectivity index (χ0n) is 22.2. The molecule has 0 aliphatic carbocycles. The number of rotatable bonds is 6. The van der Waals surface area contributed by atoms with Crippen molar-refractivity contribution in [2.75, 3.05) is 27.3 Å². The third-order valence-corrected chi connectivity index (χ3v) is 6.95. The van der Waals surface area contributed by atoms with Crippen LogP contribution in [-0.2, 0) is 17.8 Å². The summed E-state index contributed by atoms with van der Waals surface area (Å²) < 4.78 is 16.5. The van der Waals surface area contributed by atoms with Gasteiger partial charge < -0.3 is 29.2 Å². The van der Waals surface area contributed by atoms with Crippen LogP contribution < -0.4 is 9.47 Å². The number of aliphatic hydroxyl groups is 1. The van der Waals surface area contributed by atoms with Gasteiger partial charge in [0.25, 0.3) is 0 Å². The van der Waals surface area contributed by atoms with E-state index in [0.29, 0.717) is 24.6 Å². The summed E-state index contributed by atoms with van der Waals surface area (Å²) in [6, 6.07) is 10.3. The number of aromatic nitrogens is 1. The van der Waals surface area contributed by atoms with Crippen LogP contribution in [0.1, 0.15) is 63.1 Å². The van der Waals surface area contributed by atoms with Crippen LogP contribution in [0.3, 0.4) is 0 Å². The maximum absolute atomic E-state index is 12.5. The van der Waals surface area contributed by atoms with Gasteiger partial charge in [-0.1, -0.05) is 6.92 Å². The van der Waals surface area contributed by atoms with E-state index in [4.69, 9.17) is 14.2 Å². The zero-order chi connectivity index (χ0) is 26.0. The number of aryl methyl sites for hydroxylation is 1. The highest BCUT2D eigenvalue weighted by molar-refractivity contribution is 5.92. The van der Waals surface area contributed by atoms with E-state index in [1.807, 2.05) is 39.0 Å². The zero-order valence-corrected chi connectivity index (χ0v) is 22.2. The highest BCUT2D eigenvalue weighted by Gasteiger charge is 2.29. The summed E-state index contributed by atoms with van der Waals surface area (Å²) in [6.07, 6.45) is 2.29. The van der Waals surface area contributed by atoms with Crippen molar-refractivity contribution in [1.82, 2.24) is 9.88 Å². The molecular formula is C29H38N2O5. The summed E-state index contributed by atoms with van der Waals surface area (Å²) in [7, 11) is 3.27. The molecule has 0 saturated carbocycles. The van der Waals surface area contributed by atoms with Crippen LogP contribution in [0.15, 0.2) is 30.3 Å². The lowest BCUT2D eigenvalue weighted by atomic mass is 9.85. The number of methoxy groups -OCH3 is 2. The Morgan fingerprint density at radius 3 is 2.36 bits per heavy atom. The third-order valence-electron chi connectivity index (χ3n) is 6.95. The fourth-order valence-electron chi connectivity index (χ4n) is 5.18. The number of carbonyl (C=O) groups is 1. The molecule has 4 rings (SSSR count). The SMILES string of the molecule is CCc1c(-c2ccc(OC)c(OC)c2)[nH]c2cc(CO)c(C3CCN(C(=O)OC(C)(C)C)CC3)cc12. The molecule has 1 fully saturated rings. The summed E-state index contributed by atoms with van der Waals surface area (Å²) in [6.45, 7) is 9.09. The number of fused-ring (bicyclic) bond motifs is 1. The third kappa shape index (κ3) is 5.16. The van der Waals surface area contributed by atoms with Gasteiger partial charge in [-0.25, -0.2) is 4.79 Å². The monoisotopic (exact) mass is 494 g/mol. The number of piperidine rings is 1. The van der Waals surface area contributed by atoms with Gasteiger partial charge in [-0.15, -0.1) is 0 Å². The first-order valence-electron chi connectivity index (χ1n) is 12.7. The molecule has 2 aromatic carbocycles. The number of hydrogen-bond donors (Lipinski definition) is 2. The quantitative estimate of drug-likeness (QED) is 0.438. The van der Waals surface area contributed by atoms with E-state index in [-0.39, 0.29) is 18.6 Å². The average Bonchev–Trinajstić information content (AvgIpc) is 3.23. The van der Waals surface area contributed by atoms with Crippen molar-refractivity contribution in [2.45, 2.75) is 65.1 Å². The molecule has 2 N–H and O–H groups in total. The van der Waals surface area contributed by atoms with E-state index in [2.05, 4.69) is 24.0 Å². The van der Waals surface area contributed by atoms with Gasteiger partial charge in [0.2, 0.25) is 0 Å². The highest BCUT2D eigenvalue weighted by Crippen LogP contribution is 2.39. The van der Waals surface area contributed by atoms with Crippen molar-refractivity contribution in [2.24, 2.45) is 0 Å². The van der Waals surface area contributed by atoms with Crippen molar-refractivity contribution in [3.8, 4) is 22.8 Å². The van der Waals surface area contributed by atoms with Gasteiger partial charge in [-0.05, 0) is 93.0 Å². The summed E-state index contributed by atoms with van der Waals surface area (Å²) in [4.78, 5) is 17.9. The molecule has 2 heterocycles. The molecule has 0 bridgehead atoms. The number of amides is 1. The molecule has 0 unspecified atom stereocenters. The topological polar surface area (TPSA) is 84.0 Å². The Morgan fingerprint density at radius 1 is 1.08 bits per heavy atom. The molecule has 0 spiro atoms. The van der Waals surface area contributed by atoms with Crippen LogP contribution in [0.2, 0.25) is 0 Å². The molecular weight excluding hydrogens is 456 g/mol. The number of nitrogens with one attached hydrogen (secondary N) is 1. The number of ether oxygens (including phenoxy) is 3. The molecule has 1 amide bonds. The first-order valence-corrected chi connectivity index (χ1v) is 12.7. The number of nitrogens with zero attached hydrogens (tertiary/aromatic N) is 1. The maximum Gasteiger partial charge on any atom is 0.410 e. The molecule has 194 valence electrons. The highest BCUT2D eigenvalue weighted by atomic mass is 16.6. The molecule has 7 heteroatoms. The maximum atomic E-state index is 12.5. The van der Waals surface area contributed by atoms with E-state index in [9.17, 15) is 9.90 Å². The summed E-state index contributed by atoms with van der Waals surface area (Å²) in [5.74, 6) is 1.65. The number of benzene rings is 2. The molecule has 1 aliphatic heterocycles. The van der Waals surface area contributed by atoms with Gasteiger partial charge in [-0.2, -0.15) is 0 Å². The smallest absolute Gasteiger partial charge is 0.410 e. The number of aliphatic hydroxyl groups excluding tert-OH is 1. The first-order chi connectivity index (χ1) is 17.2. The van der Waals surface area contributed by atoms with Crippen molar-refractivity contribution < 1.29 is 24.1 Å². The lowest BCUT2D eigenvalue weighted by molar-refractivity contribution is 0.0204. The van der Waals surface area contributed by atoms with Crippen molar-refractivity contribution in [3.05, 3.63) is 47.0 Å². The van der Waals surface area contributed by atoms with Crippen LogP contribution in [0.5, 0.6) is 11.5 Å². The van der Waals surface area contributed by atoms with Crippen LogP contribution >= 0.6 is 0 Å². The van der Waals surface area contributed by atoms with E-state index in [1.54, 1.807) is 19.1 Å². The Morgan fingerprint density at radius 2 is 1.78 bits per heavy atom. The molecule has 36 heavy (non-hydrogen) atoms. The number of likely N-dealkylation sites (tertiary alicyclic amines) is 1. The van der Waals surface area contributed by atoms with Gasteiger partial charge in [-0.3, -0.25) is 0 Å². The van der Waals surface area contributed by atoms with Crippen molar-refractivity contribution in [1.29, 1.82) is 0 Å². The average molecular weight is 495 g/mol. The molecule has 3 aromatic rings. The number of hydrogen-bond acceptors (Lipinski definition) is 5. The van der Waals surface area contributed by atoms with Crippen LogP contribution in [0, 0.1) is 0 Å². The second-order valence-electron chi connectivity index (χ2n) is 10.4. The Balaban J connectivity index is 1.66. The van der Waals surface area contributed by atoms with Crippen molar-refractivity contribution >= 4 is 17.0 Å². The van der Waals surface area contributed by atoms with Gasteiger partial charge in [0, 0.05) is 35.2 Å². The summed E-state index contributed by atoms with van der Waals surface area (Å²) in [5, 5.41) is 11.4. The lowest BCUT2D eigenvalue weighted by Gasteiger charge is -2.34. The Bertz CT molecular complexity index is 1230. The largest absolute Gasteiger partial charge is 0.493 e. The minimum Gasteiger partial charge on any atom is -0.493 e. The normalized spacial score (nSPS) is 14.8. The number of carbonyl (C=O) groups excluding carboxylic acids is 1. The minimum absolute atomic E-state index is 0.0241. The van der Waals surface area contributed by atoms with Crippen molar-refractivity contribution in [3.63, 3.8) is 0 Å². The van der Waals surface area contributed by atoms with Crippen LogP contribution in [0.25, 0.3) is 22.2 Å². The molecule has 1 aliphatic rings. The Kier molecular flexibility index (Phi) is 7.50.